The van der Waals surface area contributed by atoms with Crippen LogP contribution < -0.4 is 5.32 Å². The Morgan fingerprint density at radius 2 is 1.82 bits per heavy atom. The van der Waals surface area contributed by atoms with Crippen LogP contribution in [0, 0.1) is 6.92 Å². The van der Waals surface area contributed by atoms with E-state index in [1.807, 2.05) is 48.9 Å². The van der Waals surface area contributed by atoms with E-state index in [1.165, 1.54) is 12.1 Å². The van der Waals surface area contributed by atoms with Gasteiger partial charge in [-0.15, -0.1) is 0 Å². The molecule has 0 bridgehead atoms. The first-order valence-electron chi connectivity index (χ1n) is 11.5. The zero-order valence-electron chi connectivity index (χ0n) is 19.6. The first kappa shape index (κ1) is 24.0. The number of benzene rings is 2. The molecule has 3 aromatic rings. The summed E-state index contributed by atoms with van der Waals surface area (Å²) in [6.45, 7) is 5.38. The lowest BCUT2D eigenvalue weighted by molar-refractivity contribution is -0.137. The van der Waals surface area contributed by atoms with E-state index >= 15 is 0 Å². The molecule has 2 unspecified atom stereocenters. The van der Waals surface area contributed by atoms with Crippen LogP contribution in [0.15, 0.2) is 54.6 Å². The van der Waals surface area contributed by atoms with Crippen molar-refractivity contribution in [2.45, 2.75) is 51.5 Å². The molecule has 0 fully saturated rings. The third-order valence-electron chi connectivity index (χ3n) is 6.57. The Hall–Kier alpha value is -3.13. The summed E-state index contributed by atoms with van der Waals surface area (Å²) in [4.78, 5) is 15.3. The van der Waals surface area contributed by atoms with Crippen LogP contribution in [0.3, 0.4) is 0 Å². The zero-order valence-corrected chi connectivity index (χ0v) is 19.6. The van der Waals surface area contributed by atoms with Crippen LogP contribution in [0.1, 0.15) is 52.6 Å². The highest BCUT2D eigenvalue weighted by molar-refractivity contribution is 5.83. The lowest BCUT2D eigenvalue weighted by Crippen LogP contribution is -2.45. The van der Waals surface area contributed by atoms with Gasteiger partial charge >= 0.3 is 6.18 Å². The number of rotatable bonds is 6. The SMILES string of the molecule is CCn1nc(C)c2c1CCN(C(C(=O)NC)c1ccccc1)C2Cc1ccc(C(F)(F)F)cc1. The highest BCUT2D eigenvalue weighted by Crippen LogP contribution is 2.40. The Balaban J connectivity index is 1.79. The Morgan fingerprint density at radius 1 is 1.15 bits per heavy atom. The number of nitrogens with zero attached hydrogens (tertiary/aromatic N) is 3. The number of aromatic nitrogens is 2. The third-order valence-corrected chi connectivity index (χ3v) is 6.57. The molecule has 1 amide bonds. The topological polar surface area (TPSA) is 50.2 Å². The minimum absolute atomic E-state index is 0.118. The molecule has 180 valence electrons. The van der Waals surface area contributed by atoms with Crippen molar-refractivity contribution < 1.29 is 18.0 Å². The summed E-state index contributed by atoms with van der Waals surface area (Å²) >= 11 is 0. The first-order valence-corrected chi connectivity index (χ1v) is 11.5. The van der Waals surface area contributed by atoms with Crippen LogP contribution in [0.2, 0.25) is 0 Å². The number of alkyl halides is 3. The Kier molecular flexibility index (Phi) is 6.79. The van der Waals surface area contributed by atoms with E-state index in [2.05, 4.69) is 10.2 Å². The summed E-state index contributed by atoms with van der Waals surface area (Å²) in [5, 5.41) is 7.52. The second-order valence-electron chi connectivity index (χ2n) is 8.59. The summed E-state index contributed by atoms with van der Waals surface area (Å²) in [5.41, 5.74) is 4.09. The summed E-state index contributed by atoms with van der Waals surface area (Å²) in [6, 6.07) is 14.2. The fourth-order valence-electron chi connectivity index (χ4n) is 5.01. The summed E-state index contributed by atoms with van der Waals surface area (Å²) in [6.07, 6.45) is -3.16. The number of nitrogens with one attached hydrogen (secondary N) is 1. The molecule has 0 spiro atoms. The van der Waals surface area contributed by atoms with E-state index in [1.54, 1.807) is 7.05 Å². The largest absolute Gasteiger partial charge is 0.416 e. The number of halogens is 3. The van der Waals surface area contributed by atoms with E-state index in [0.29, 0.717) is 13.0 Å². The molecular weight excluding hydrogens is 441 g/mol. The molecule has 34 heavy (non-hydrogen) atoms. The fourth-order valence-corrected chi connectivity index (χ4v) is 5.01. The minimum atomic E-state index is -4.38. The average molecular weight is 471 g/mol. The van der Waals surface area contributed by atoms with Crippen LogP contribution in [-0.2, 0) is 30.4 Å². The molecule has 0 saturated heterocycles. The number of carbonyl (C=O) groups is 1. The lowest BCUT2D eigenvalue weighted by Gasteiger charge is -2.41. The average Bonchev–Trinajstić information content (AvgIpc) is 3.16. The van der Waals surface area contributed by atoms with Gasteiger partial charge in [-0.25, -0.2) is 0 Å². The van der Waals surface area contributed by atoms with Crippen LogP contribution in [0.5, 0.6) is 0 Å². The summed E-state index contributed by atoms with van der Waals surface area (Å²) in [7, 11) is 1.62. The number of hydrogen-bond donors (Lipinski definition) is 1. The number of amides is 1. The molecular formula is C26H29F3N4O. The third kappa shape index (κ3) is 4.59. The molecule has 0 radical (unpaired) electrons. The van der Waals surface area contributed by atoms with E-state index < -0.39 is 17.8 Å². The van der Waals surface area contributed by atoms with E-state index in [9.17, 15) is 18.0 Å². The number of likely N-dealkylation sites (N-methyl/N-ethyl adjacent to an activating group) is 1. The fraction of sp³-hybridized carbons (Fsp3) is 0.385. The van der Waals surface area contributed by atoms with Crippen molar-refractivity contribution in [3.05, 3.63) is 88.2 Å². The lowest BCUT2D eigenvalue weighted by atomic mass is 9.88. The van der Waals surface area contributed by atoms with Gasteiger partial charge in [-0.1, -0.05) is 42.5 Å². The number of carbonyl (C=O) groups excluding carboxylic acids is 1. The van der Waals surface area contributed by atoms with Gasteiger partial charge in [0.25, 0.3) is 0 Å². The van der Waals surface area contributed by atoms with Crippen LogP contribution in [0.25, 0.3) is 0 Å². The molecule has 2 atom stereocenters. The van der Waals surface area contributed by atoms with Gasteiger partial charge in [0.2, 0.25) is 5.91 Å². The quantitative estimate of drug-likeness (QED) is 0.560. The highest BCUT2D eigenvalue weighted by atomic mass is 19.4. The summed E-state index contributed by atoms with van der Waals surface area (Å²) < 4.78 is 41.3. The van der Waals surface area contributed by atoms with Crippen molar-refractivity contribution in [1.29, 1.82) is 0 Å². The molecule has 0 saturated carbocycles. The van der Waals surface area contributed by atoms with Gasteiger partial charge in [-0.05, 0) is 43.5 Å². The molecule has 8 heteroatoms. The monoisotopic (exact) mass is 470 g/mol. The van der Waals surface area contributed by atoms with Gasteiger partial charge in [-0.3, -0.25) is 14.4 Å². The molecule has 2 aromatic carbocycles. The summed E-state index contributed by atoms with van der Waals surface area (Å²) in [5.74, 6) is -0.118. The van der Waals surface area contributed by atoms with E-state index in [0.717, 1.165) is 53.2 Å². The van der Waals surface area contributed by atoms with Gasteiger partial charge in [0.1, 0.15) is 6.04 Å². The number of aryl methyl sites for hydroxylation is 2. The van der Waals surface area contributed by atoms with Crippen molar-refractivity contribution in [1.82, 2.24) is 20.0 Å². The first-order chi connectivity index (χ1) is 16.2. The van der Waals surface area contributed by atoms with E-state index in [4.69, 9.17) is 5.10 Å². The molecule has 1 aliphatic rings. The number of fused-ring (bicyclic) bond motifs is 1. The second kappa shape index (κ2) is 9.62. The van der Waals surface area contributed by atoms with Crippen LogP contribution in [0.4, 0.5) is 13.2 Å². The van der Waals surface area contributed by atoms with Gasteiger partial charge in [-0.2, -0.15) is 18.3 Å². The molecule has 1 aliphatic heterocycles. The molecule has 4 rings (SSSR count). The Labute approximate surface area is 197 Å². The van der Waals surface area contributed by atoms with Crippen molar-refractivity contribution in [3.63, 3.8) is 0 Å². The zero-order chi connectivity index (χ0) is 24.5. The Bertz CT molecular complexity index is 1140. The van der Waals surface area contributed by atoms with Crippen molar-refractivity contribution in [2.24, 2.45) is 0 Å². The highest BCUT2D eigenvalue weighted by Gasteiger charge is 2.39. The number of hydrogen-bond acceptors (Lipinski definition) is 3. The van der Waals surface area contributed by atoms with Gasteiger partial charge in [0.15, 0.2) is 0 Å². The van der Waals surface area contributed by atoms with E-state index in [-0.39, 0.29) is 11.9 Å². The molecule has 0 aliphatic carbocycles. The maximum atomic E-state index is 13.1. The van der Waals surface area contributed by atoms with Crippen molar-refractivity contribution >= 4 is 5.91 Å². The molecule has 2 heterocycles. The van der Waals surface area contributed by atoms with Gasteiger partial charge in [0, 0.05) is 43.9 Å². The van der Waals surface area contributed by atoms with Gasteiger partial charge in [0.05, 0.1) is 11.3 Å². The molecule has 5 nitrogen and oxygen atoms in total. The maximum absolute atomic E-state index is 13.1. The maximum Gasteiger partial charge on any atom is 0.416 e. The normalized spacial score (nSPS) is 17.3. The predicted molar refractivity (Wildman–Crippen MR) is 124 cm³/mol. The predicted octanol–water partition coefficient (Wildman–Crippen LogP) is 4.86. The molecule has 1 aromatic heterocycles. The van der Waals surface area contributed by atoms with Crippen LogP contribution in [-0.4, -0.2) is 34.2 Å². The molecule has 1 N–H and O–H groups in total. The van der Waals surface area contributed by atoms with Crippen molar-refractivity contribution in [2.75, 3.05) is 13.6 Å². The minimum Gasteiger partial charge on any atom is -0.358 e. The Morgan fingerprint density at radius 3 is 2.41 bits per heavy atom. The van der Waals surface area contributed by atoms with Crippen LogP contribution >= 0.6 is 0 Å². The van der Waals surface area contributed by atoms with Gasteiger partial charge < -0.3 is 5.32 Å². The second-order valence-corrected chi connectivity index (χ2v) is 8.59. The smallest absolute Gasteiger partial charge is 0.358 e. The van der Waals surface area contributed by atoms with Crippen molar-refractivity contribution in [3.8, 4) is 0 Å². The standard InChI is InChI=1S/C26H29F3N4O/c1-4-33-21-14-15-32(24(25(34)30-3)19-8-6-5-7-9-19)22(23(21)17(2)31-33)16-18-10-12-20(13-11-18)26(27,28)29/h5-13,22,24H,4,14-16H2,1-3H3,(H,30,34).